The van der Waals surface area contributed by atoms with E-state index >= 15 is 0 Å². The van der Waals surface area contributed by atoms with Gasteiger partial charge in [0.05, 0.1) is 12.2 Å². The summed E-state index contributed by atoms with van der Waals surface area (Å²) in [5.41, 5.74) is 0.707. The van der Waals surface area contributed by atoms with Crippen LogP contribution in [0.2, 0.25) is 0 Å². The first-order valence-corrected chi connectivity index (χ1v) is 4.87. The lowest BCUT2D eigenvalue weighted by Gasteiger charge is -2.21. The van der Waals surface area contributed by atoms with Gasteiger partial charge in [0.2, 0.25) is 0 Å². The van der Waals surface area contributed by atoms with E-state index in [1.807, 2.05) is 0 Å². The number of methoxy groups -OCH3 is 1. The second-order valence-corrected chi connectivity index (χ2v) is 3.35. The molecule has 0 atom stereocenters. The van der Waals surface area contributed by atoms with Gasteiger partial charge in [-0.25, -0.2) is 4.79 Å². The van der Waals surface area contributed by atoms with Gasteiger partial charge in [0.15, 0.2) is 11.5 Å². The number of carboxylic acid groups (broad SMARTS) is 1. The number of aromatic carboxylic acids is 1. The molecule has 0 radical (unpaired) electrons. The van der Waals surface area contributed by atoms with Crippen LogP contribution < -0.4 is 9.47 Å². The van der Waals surface area contributed by atoms with Gasteiger partial charge in [-0.2, -0.15) is 0 Å². The number of carboxylic acids is 1. The maximum atomic E-state index is 11.0. The molecular weight excluding hydrogens is 212 g/mol. The van der Waals surface area contributed by atoms with Gasteiger partial charge in [0, 0.05) is 12.7 Å². The second-order valence-electron chi connectivity index (χ2n) is 3.35. The largest absolute Gasteiger partial charge is 0.486 e. The van der Waals surface area contributed by atoms with E-state index in [1.165, 1.54) is 13.2 Å². The predicted octanol–water partition coefficient (Wildman–Crippen LogP) is 1.30. The molecular formula is C11H12O5. The van der Waals surface area contributed by atoms with Crippen molar-refractivity contribution >= 4 is 5.97 Å². The first kappa shape index (κ1) is 10.8. The summed E-state index contributed by atoms with van der Waals surface area (Å²) in [6, 6.07) is 3.11. The van der Waals surface area contributed by atoms with Crippen molar-refractivity contribution in [1.29, 1.82) is 0 Å². The van der Waals surface area contributed by atoms with Crippen LogP contribution in [0.25, 0.3) is 0 Å². The Bertz CT molecular complexity index is 413. The highest BCUT2D eigenvalue weighted by atomic mass is 16.6. The van der Waals surface area contributed by atoms with Crippen LogP contribution in [0.3, 0.4) is 0 Å². The minimum atomic E-state index is -0.996. The molecule has 0 amide bonds. The Balaban J connectivity index is 2.52. The Hall–Kier alpha value is -1.75. The van der Waals surface area contributed by atoms with Crippen molar-refractivity contribution in [3.63, 3.8) is 0 Å². The van der Waals surface area contributed by atoms with Crippen molar-refractivity contribution in [3.05, 3.63) is 23.3 Å². The highest BCUT2D eigenvalue weighted by Gasteiger charge is 2.22. The molecule has 0 saturated carbocycles. The summed E-state index contributed by atoms with van der Waals surface area (Å²) in [6.07, 6.45) is 0. The van der Waals surface area contributed by atoms with E-state index in [2.05, 4.69) is 0 Å². The molecule has 0 spiro atoms. The number of benzene rings is 1. The fourth-order valence-electron chi connectivity index (χ4n) is 1.66. The van der Waals surface area contributed by atoms with Gasteiger partial charge in [-0.1, -0.05) is 0 Å². The monoisotopic (exact) mass is 224 g/mol. The van der Waals surface area contributed by atoms with Gasteiger partial charge < -0.3 is 19.3 Å². The van der Waals surface area contributed by atoms with E-state index in [1.54, 1.807) is 6.07 Å². The van der Waals surface area contributed by atoms with Crippen molar-refractivity contribution in [2.24, 2.45) is 0 Å². The second kappa shape index (κ2) is 4.40. The van der Waals surface area contributed by atoms with Crippen LogP contribution in [0.15, 0.2) is 12.1 Å². The van der Waals surface area contributed by atoms with Crippen molar-refractivity contribution in [2.75, 3.05) is 20.3 Å². The van der Waals surface area contributed by atoms with Crippen LogP contribution in [0.1, 0.15) is 15.9 Å². The van der Waals surface area contributed by atoms with Crippen LogP contribution in [0.4, 0.5) is 0 Å². The lowest BCUT2D eigenvalue weighted by Crippen LogP contribution is -2.18. The fraction of sp³-hybridized carbons (Fsp3) is 0.364. The van der Waals surface area contributed by atoms with E-state index in [4.69, 9.17) is 19.3 Å². The van der Waals surface area contributed by atoms with E-state index in [0.29, 0.717) is 30.3 Å². The third-order valence-corrected chi connectivity index (χ3v) is 2.33. The topological polar surface area (TPSA) is 65.0 Å². The number of hydrogen-bond acceptors (Lipinski definition) is 4. The van der Waals surface area contributed by atoms with Gasteiger partial charge in [-0.3, -0.25) is 0 Å². The van der Waals surface area contributed by atoms with Gasteiger partial charge >= 0.3 is 5.97 Å². The Morgan fingerprint density at radius 1 is 1.44 bits per heavy atom. The summed E-state index contributed by atoms with van der Waals surface area (Å²) in [5, 5.41) is 9.04. The number of fused-ring (bicyclic) bond motifs is 1. The molecule has 0 aliphatic carbocycles. The number of ether oxygens (including phenoxy) is 3. The molecule has 0 saturated heterocycles. The van der Waals surface area contributed by atoms with Gasteiger partial charge in [-0.05, 0) is 12.1 Å². The summed E-state index contributed by atoms with van der Waals surface area (Å²) in [6.45, 7) is 1.09. The maximum absolute atomic E-state index is 11.0. The van der Waals surface area contributed by atoms with E-state index in [0.717, 1.165) is 0 Å². The average molecular weight is 224 g/mol. The first-order valence-electron chi connectivity index (χ1n) is 4.87. The summed E-state index contributed by atoms with van der Waals surface area (Å²) in [5.74, 6) is 0.0559. The van der Waals surface area contributed by atoms with Crippen LogP contribution in [0, 0.1) is 0 Å². The van der Waals surface area contributed by atoms with Crippen molar-refractivity contribution < 1.29 is 24.1 Å². The molecule has 0 unspecified atom stereocenters. The minimum Gasteiger partial charge on any atom is -0.486 e. The Kier molecular flexibility index (Phi) is 2.96. The van der Waals surface area contributed by atoms with E-state index in [9.17, 15) is 4.79 Å². The fourth-order valence-corrected chi connectivity index (χ4v) is 1.66. The molecule has 0 bridgehead atoms. The highest BCUT2D eigenvalue weighted by molar-refractivity contribution is 5.90. The van der Waals surface area contributed by atoms with Crippen LogP contribution in [-0.4, -0.2) is 31.4 Å². The zero-order valence-electron chi connectivity index (χ0n) is 8.86. The number of carbonyl (C=O) groups is 1. The molecule has 5 heteroatoms. The van der Waals surface area contributed by atoms with Crippen LogP contribution in [0.5, 0.6) is 11.5 Å². The lowest BCUT2D eigenvalue weighted by atomic mass is 10.1. The van der Waals surface area contributed by atoms with E-state index < -0.39 is 5.97 Å². The zero-order valence-corrected chi connectivity index (χ0v) is 8.86. The van der Waals surface area contributed by atoms with Gasteiger partial charge in [0.1, 0.15) is 13.2 Å². The Labute approximate surface area is 92.5 Å². The van der Waals surface area contributed by atoms with Crippen LogP contribution >= 0.6 is 0 Å². The minimum absolute atomic E-state index is 0.186. The predicted molar refractivity (Wildman–Crippen MR) is 55.1 cm³/mol. The highest BCUT2D eigenvalue weighted by Crippen LogP contribution is 2.36. The molecule has 1 aromatic rings. The molecule has 2 rings (SSSR count). The van der Waals surface area contributed by atoms with Crippen molar-refractivity contribution in [3.8, 4) is 11.5 Å². The summed E-state index contributed by atoms with van der Waals surface area (Å²) >= 11 is 0. The normalized spacial score (nSPS) is 13.6. The quantitative estimate of drug-likeness (QED) is 0.838. The molecule has 1 aliphatic heterocycles. The van der Waals surface area contributed by atoms with Crippen molar-refractivity contribution in [1.82, 2.24) is 0 Å². The van der Waals surface area contributed by atoms with Crippen molar-refractivity contribution in [2.45, 2.75) is 6.61 Å². The molecule has 5 nitrogen and oxygen atoms in total. The molecule has 1 N–H and O–H groups in total. The molecule has 16 heavy (non-hydrogen) atoms. The first-order chi connectivity index (χ1) is 7.74. The number of hydrogen-bond donors (Lipinski definition) is 1. The van der Waals surface area contributed by atoms with Gasteiger partial charge in [0.25, 0.3) is 0 Å². The molecule has 0 aromatic heterocycles. The molecule has 1 aliphatic rings. The molecule has 86 valence electrons. The third kappa shape index (κ3) is 1.81. The standard InChI is InChI=1S/C11H12O5/c1-14-6-8-7(11(12)13)2-3-9-10(8)16-5-4-15-9/h2-3H,4-6H2,1H3,(H,12,13). The molecule has 1 heterocycles. The third-order valence-electron chi connectivity index (χ3n) is 2.33. The van der Waals surface area contributed by atoms with E-state index in [-0.39, 0.29) is 12.2 Å². The Morgan fingerprint density at radius 3 is 2.88 bits per heavy atom. The molecule has 1 aromatic carbocycles. The maximum Gasteiger partial charge on any atom is 0.336 e. The Morgan fingerprint density at radius 2 is 2.19 bits per heavy atom. The molecule has 0 fully saturated rings. The van der Waals surface area contributed by atoms with Gasteiger partial charge in [-0.15, -0.1) is 0 Å². The zero-order chi connectivity index (χ0) is 11.5. The SMILES string of the molecule is COCc1c(C(=O)O)ccc2c1OCCO2. The average Bonchev–Trinajstić information content (AvgIpc) is 2.29. The summed E-state index contributed by atoms with van der Waals surface area (Å²) in [4.78, 5) is 11.0. The number of rotatable bonds is 3. The summed E-state index contributed by atoms with van der Waals surface area (Å²) in [7, 11) is 1.51. The summed E-state index contributed by atoms with van der Waals surface area (Å²) < 4.78 is 15.8. The van der Waals surface area contributed by atoms with Crippen LogP contribution in [-0.2, 0) is 11.3 Å². The lowest BCUT2D eigenvalue weighted by molar-refractivity contribution is 0.0689. The smallest absolute Gasteiger partial charge is 0.336 e.